The lowest BCUT2D eigenvalue weighted by atomic mass is 10.00. The van der Waals surface area contributed by atoms with Gasteiger partial charge in [0.05, 0.1) is 17.9 Å². The summed E-state index contributed by atoms with van der Waals surface area (Å²) in [6.07, 6.45) is 1.82. The quantitative estimate of drug-likeness (QED) is 0.647. The first-order valence-corrected chi connectivity index (χ1v) is 10.9. The first kappa shape index (κ1) is 22.0. The van der Waals surface area contributed by atoms with E-state index < -0.39 is 11.7 Å². The van der Waals surface area contributed by atoms with Crippen LogP contribution in [-0.4, -0.2) is 61.4 Å². The van der Waals surface area contributed by atoms with Crippen LogP contribution in [0.4, 0.5) is 10.1 Å². The van der Waals surface area contributed by atoms with Crippen molar-refractivity contribution in [2.24, 2.45) is 0 Å². The van der Waals surface area contributed by atoms with Crippen molar-refractivity contribution in [3.05, 3.63) is 65.6 Å². The number of hydrogen-bond donors (Lipinski definition) is 0. The molecule has 2 heterocycles. The van der Waals surface area contributed by atoms with Gasteiger partial charge in [-0.3, -0.25) is 9.59 Å². The van der Waals surface area contributed by atoms with Gasteiger partial charge in [0, 0.05) is 13.1 Å². The molecule has 7 heteroatoms. The molecule has 32 heavy (non-hydrogen) atoms. The lowest BCUT2D eigenvalue weighted by Crippen LogP contribution is -2.43. The highest BCUT2D eigenvalue weighted by atomic mass is 19.1. The molecule has 0 unspecified atom stereocenters. The minimum Gasteiger partial charge on any atom is -0.494 e. The Morgan fingerprint density at radius 2 is 1.62 bits per heavy atom. The van der Waals surface area contributed by atoms with Gasteiger partial charge in [-0.05, 0) is 81.9 Å². The normalized spacial score (nSPS) is 17.9. The van der Waals surface area contributed by atoms with Gasteiger partial charge in [-0.15, -0.1) is 0 Å². The fourth-order valence-electron chi connectivity index (χ4n) is 4.38. The van der Waals surface area contributed by atoms with E-state index in [4.69, 9.17) is 4.74 Å². The molecule has 168 valence electrons. The Balaban J connectivity index is 1.75. The van der Waals surface area contributed by atoms with Gasteiger partial charge in [-0.1, -0.05) is 12.1 Å². The molecule has 2 amide bonds. The zero-order valence-electron chi connectivity index (χ0n) is 18.7. The smallest absolute Gasteiger partial charge is 0.282 e. The van der Waals surface area contributed by atoms with Crippen molar-refractivity contribution in [2.75, 3.05) is 38.7 Å². The molecule has 2 aliphatic rings. The molecule has 0 aliphatic carbocycles. The summed E-state index contributed by atoms with van der Waals surface area (Å²) >= 11 is 0. The molecule has 1 saturated heterocycles. The van der Waals surface area contributed by atoms with Crippen molar-refractivity contribution < 1.29 is 18.7 Å². The number of likely N-dealkylation sites (tertiary alicyclic amines) is 1. The van der Waals surface area contributed by atoms with Crippen molar-refractivity contribution in [2.45, 2.75) is 25.8 Å². The van der Waals surface area contributed by atoms with E-state index in [2.05, 4.69) is 11.9 Å². The van der Waals surface area contributed by atoms with E-state index >= 15 is 0 Å². The second-order valence-corrected chi connectivity index (χ2v) is 8.25. The Morgan fingerprint density at radius 3 is 2.22 bits per heavy atom. The van der Waals surface area contributed by atoms with Crippen LogP contribution in [0.5, 0.6) is 5.75 Å². The number of hydrogen-bond acceptors (Lipinski definition) is 5. The third-order valence-corrected chi connectivity index (χ3v) is 6.19. The fraction of sp³-hybridized carbons (Fsp3) is 0.360. The molecule has 0 N–H and O–H groups in total. The van der Waals surface area contributed by atoms with Crippen LogP contribution in [0, 0.1) is 5.82 Å². The van der Waals surface area contributed by atoms with Gasteiger partial charge in [-0.25, -0.2) is 9.29 Å². The van der Waals surface area contributed by atoms with E-state index in [0.717, 1.165) is 30.8 Å². The van der Waals surface area contributed by atoms with Crippen LogP contribution >= 0.6 is 0 Å². The molecule has 2 aromatic rings. The Bertz CT molecular complexity index is 1030. The number of halogens is 1. The van der Waals surface area contributed by atoms with Gasteiger partial charge in [0.2, 0.25) is 0 Å². The number of nitrogens with zero attached hydrogens (tertiary/aromatic N) is 3. The largest absolute Gasteiger partial charge is 0.494 e. The lowest BCUT2D eigenvalue weighted by molar-refractivity contribution is -0.120. The van der Waals surface area contributed by atoms with Gasteiger partial charge in [0.1, 0.15) is 17.3 Å². The number of benzene rings is 2. The third-order valence-electron chi connectivity index (χ3n) is 6.19. The number of anilines is 1. The predicted octanol–water partition coefficient (Wildman–Crippen LogP) is 3.53. The van der Waals surface area contributed by atoms with E-state index in [0.29, 0.717) is 34.9 Å². The van der Waals surface area contributed by atoms with Crippen molar-refractivity contribution in [3.8, 4) is 5.75 Å². The molecule has 6 nitrogen and oxygen atoms in total. The van der Waals surface area contributed by atoms with Crippen molar-refractivity contribution in [3.63, 3.8) is 0 Å². The molecule has 2 aliphatic heterocycles. The highest BCUT2D eigenvalue weighted by Gasteiger charge is 2.43. The summed E-state index contributed by atoms with van der Waals surface area (Å²) in [6, 6.07) is 12.8. The van der Waals surface area contributed by atoms with Crippen LogP contribution < -0.4 is 9.64 Å². The molecule has 0 aromatic heterocycles. The summed E-state index contributed by atoms with van der Waals surface area (Å²) in [5, 5.41) is 0. The van der Waals surface area contributed by atoms with E-state index in [-0.39, 0.29) is 11.9 Å². The average molecular weight is 438 g/mol. The summed E-state index contributed by atoms with van der Waals surface area (Å²) in [7, 11) is 3.97. The number of rotatable bonds is 6. The molecule has 2 aromatic carbocycles. The van der Waals surface area contributed by atoms with Crippen LogP contribution in [-0.2, 0) is 9.59 Å². The molecule has 1 fully saturated rings. The van der Waals surface area contributed by atoms with Gasteiger partial charge in [0.15, 0.2) is 0 Å². The maximum atomic E-state index is 13.6. The fourth-order valence-corrected chi connectivity index (χ4v) is 4.38. The summed E-state index contributed by atoms with van der Waals surface area (Å²) in [6.45, 7) is 4.32. The Kier molecular flexibility index (Phi) is 6.28. The maximum Gasteiger partial charge on any atom is 0.282 e. The molecule has 4 rings (SSSR count). The van der Waals surface area contributed by atoms with Crippen LogP contribution in [0.1, 0.15) is 25.3 Å². The van der Waals surface area contributed by atoms with Gasteiger partial charge < -0.3 is 14.5 Å². The summed E-state index contributed by atoms with van der Waals surface area (Å²) in [5.74, 6) is -0.502. The van der Waals surface area contributed by atoms with Crippen molar-refractivity contribution >= 4 is 23.1 Å². The number of imide groups is 1. The first-order chi connectivity index (χ1) is 15.4. The minimum atomic E-state index is -0.420. The van der Waals surface area contributed by atoms with Crippen molar-refractivity contribution in [1.29, 1.82) is 0 Å². The zero-order valence-corrected chi connectivity index (χ0v) is 18.7. The van der Waals surface area contributed by atoms with Crippen LogP contribution in [0.2, 0.25) is 0 Å². The number of amides is 2. The van der Waals surface area contributed by atoms with Gasteiger partial charge >= 0.3 is 0 Å². The van der Waals surface area contributed by atoms with Gasteiger partial charge in [-0.2, -0.15) is 0 Å². The van der Waals surface area contributed by atoms with Crippen LogP contribution in [0.15, 0.2) is 54.2 Å². The average Bonchev–Trinajstić information content (AvgIpc) is 3.05. The molecule has 0 radical (unpaired) electrons. The summed E-state index contributed by atoms with van der Waals surface area (Å²) in [4.78, 5) is 32.5. The molecular formula is C25H28FN3O3. The lowest BCUT2D eigenvalue weighted by Gasteiger charge is -2.36. The predicted molar refractivity (Wildman–Crippen MR) is 122 cm³/mol. The standard InChI is InChI=1S/C25H28FN3O3/c1-4-32-21-11-5-17(6-12-21)22-23(28(3)19-13-15-27(2)16-14-19)25(31)29(24(22)30)20-9-7-18(26)8-10-20/h5-12,19H,4,13-16H2,1-3H3. The van der Waals surface area contributed by atoms with Crippen molar-refractivity contribution in [1.82, 2.24) is 9.80 Å². The van der Waals surface area contributed by atoms with E-state index in [1.165, 1.54) is 24.3 Å². The summed E-state index contributed by atoms with van der Waals surface area (Å²) < 4.78 is 19.0. The zero-order chi connectivity index (χ0) is 22.8. The topological polar surface area (TPSA) is 53.1 Å². The summed E-state index contributed by atoms with van der Waals surface area (Å²) in [5.41, 5.74) is 1.77. The minimum absolute atomic E-state index is 0.156. The Morgan fingerprint density at radius 1 is 1.00 bits per heavy atom. The highest BCUT2D eigenvalue weighted by molar-refractivity contribution is 6.45. The molecule has 0 spiro atoms. The molecule has 0 bridgehead atoms. The highest BCUT2D eigenvalue weighted by Crippen LogP contribution is 2.36. The number of ether oxygens (including phenoxy) is 1. The number of likely N-dealkylation sites (N-methyl/N-ethyl adjacent to an activating group) is 1. The molecule has 0 atom stereocenters. The van der Waals surface area contributed by atoms with E-state index in [1.54, 1.807) is 12.1 Å². The third kappa shape index (κ3) is 4.12. The van der Waals surface area contributed by atoms with Crippen LogP contribution in [0.3, 0.4) is 0 Å². The Hall–Kier alpha value is -3.19. The van der Waals surface area contributed by atoms with Crippen LogP contribution in [0.25, 0.3) is 5.57 Å². The number of piperidine rings is 1. The van der Waals surface area contributed by atoms with E-state index in [9.17, 15) is 14.0 Å². The second kappa shape index (κ2) is 9.12. The van der Waals surface area contributed by atoms with Gasteiger partial charge in [0.25, 0.3) is 11.8 Å². The Labute approximate surface area is 187 Å². The number of carbonyl (C=O) groups is 2. The maximum absolute atomic E-state index is 13.6. The molecule has 0 saturated carbocycles. The molecular weight excluding hydrogens is 409 g/mol. The SMILES string of the molecule is CCOc1ccc(C2=C(N(C)C3CCN(C)CC3)C(=O)N(c3ccc(F)cc3)C2=O)cc1. The van der Waals surface area contributed by atoms with E-state index in [1.807, 2.05) is 31.0 Å². The second-order valence-electron chi connectivity index (χ2n) is 8.25. The first-order valence-electron chi connectivity index (χ1n) is 10.9. The number of carbonyl (C=O) groups excluding carboxylic acids is 2. The monoisotopic (exact) mass is 437 g/mol.